The summed E-state index contributed by atoms with van der Waals surface area (Å²) in [5.74, 6) is 2.12. The molecule has 4 nitrogen and oxygen atoms in total. The minimum Gasteiger partial charge on any atom is -0.493 e. The van der Waals surface area contributed by atoms with Crippen LogP contribution in [0.15, 0.2) is 35.1 Å². The second-order valence-electron chi connectivity index (χ2n) is 3.29. The summed E-state index contributed by atoms with van der Waals surface area (Å²) in [7, 11) is 3.23. The van der Waals surface area contributed by atoms with Gasteiger partial charge < -0.3 is 13.9 Å². The molecule has 0 fully saturated rings. The Bertz CT molecular complexity index is 451. The average Bonchev–Trinajstić information content (AvgIpc) is 2.81. The molecule has 4 heteroatoms. The largest absolute Gasteiger partial charge is 0.493 e. The van der Waals surface area contributed by atoms with Crippen LogP contribution in [0.1, 0.15) is 11.5 Å². The van der Waals surface area contributed by atoms with E-state index in [-0.39, 0.29) is 0 Å². The standard InChI is InChI=1S/C12H13NO3/c1-14-10-4-3-9(7-11(10)15-2)8-12-13-5-6-16-12/h3-7H,8H2,1-2H3. The molecular weight excluding hydrogens is 206 g/mol. The van der Waals surface area contributed by atoms with Gasteiger partial charge in [-0.05, 0) is 17.7 Å². The fourth-order valence-corrected chi connectivity index (χ4v) is 1.51. The van der Waals surface area contributed by atoms with Crippen molar-refractivity contribution in [3.8, 4) is 11.5 Å². The van der Waals surface area contributed by atoms with E-state index in [1.54, 1.807) is 26.7 Å². The highest BCUT2D eigenvalue weighted by Crippen LogP contribution is 2.28. The van der Waals surface area contributed by atoms with Crippen molar-refractivity contribution in [3.63, 3.8) is 0 Å². The predicted molar refractivity (Wildman–Crippen MR) is 58.9 cm³/mol. The summed E-state index contributed by atoms with van der Waals surface area (Å²) >= 11 is 0. The molecule has 0 aliphatic heterocycles. The molecule has 84 valence electrons. The molecule has 0 bridgehead atoms. The first-order valence-electron chi connectivity index (χ1n) is 4.92. The number of rotatable bonds is 4. The van der Waals surface area contributed by atoms with E-state index in [4.69, 9.17) is 13.9 Å². The summed E-state index contributed by atoms with van der Waals surface area (Å²) in [6.45, 7) is 0. The summed E-state index contributed by atoms with van der Waals surface area (Å²) in [5.41, 5.74) is 1.07. The van der Waals surface area contributed by atoms with Crippen LogP contribution >= 0.6 is 0 Å². The highest BCUT2D eigenvalue weighted by Gasteiger charge is 2.06. The Kier molecular flexibility index (Phi) is 3.10. The first-order valence-corrected chi connectivity index (χ1v) is 4.92. The summed E-state index contributed by atoms with van der Waals surface area (Å²) in [6, 6.07) is 5.76. The number of hydrogen-bond acceptors (Lipinski definition) is 4. The lowest BCUT2D eigenvalue weighted by atomic mass is 10.1. The van der Waals surface area contributed by atoms with Crippen molar-refractivity contribution in [2.75, 3.05) is 14.2 Å². The van der Waals surface area contributed by atoms with Crippen LogP contribution in [0.2, 0.25) is 0 Å². The summed E-state index contributed by atoms with van der Waals surface area (Å²) < 4.78 is 15.6. The Morgan fingerprint density at radius 3 is 2.62 bits per heavy atom. The van der Waals surface area contributed by atoms with E-state index >= 15 is 0 Å². The second-order valence-corrected chi connectivity index (χ2v) is 3.29. The van der Waals surface area contributed by atoms with E-state index in [1.165, 1.54) is 0 Å². The average molecular weight is 219 g/mol. The maximum Gasteiger partial charge on any atom is 0.198 e. The van der Waals surface area contributed by atoms with Crippen molar-refractivity contribution in [1.82, 2.24) is 4.98 Å². The van der Waals surface area contributed by atoms with Gasteiger partial charge in [-0.15, -0.1) is 0 Å². The summed E-state index contributed by atoms with van der Waals surface area (Å²) in [4.78, 5) is 4.07. The molecule has 0 aliphatic rings. The van der Waals surface area contributed by atoms with Crippen LogP contribution in [-0.2, 0) is 6.42 Å². The Morgan fingerprint density at radius 2 is 2.00 bits per heavy atom. The highest BCUT2D eigenvalue weighted by atomic mass is 16.5. The van der Waals surface area contributed by atoms with Crippen molar-refractivity contribution >= 4 is 0 Å². The number of oxazole rings is 1. The maximum atomic E-state index is 5.22. The summed E-state index contributed by atoms with van der Waals surface area (Å²) in [5, 5.41) is 0. The van der Waals surface area contributed by atoms with E-state index in [0.717, 1.165) is 11.3 Å². The second kappa shape index (κ2) is 4.70. The molecule has 0 aliphatic carbocycles. The molecule has 16 heavy (non-hydrogen) atoms. The number of hydrogen-bond donors (Lipinski definition) is 0. The Labute approximate surface area is 93.8 Å². The van der Waals surface area contributed by atoms with Crippen LogP contribution in [0.5, 0.6) is 11.5 Å². The summed E-state index contributed by atoms with van der Waals surface area (Å²) in [6.07, 6.45) is 3.85. The van der Waals surface area contributed by atoms with Gasteiger partial charge in [-0.3, -0.25) is 0 Å². The Hall–Kier alpha value is -1.97. The van der Waals surface area contributed by atoms with Crippen LogP contribution in [-0.4, -0.2) is 19.2 Å². The van der Waals surface area contributed by atoms with Gasteiger partial charge in [-0.25, -0.2) is 4.98 Å². The van der Waals surface area contributed by atoms with Gasteiger partial charge in [0.1, 0.15) is 6.26 Å². The number of ether oxygens (including phenoxy) is 2. The van der Waals surface area contributed by atoms with Crippen LogP contribution in [0.4, 0.5) is 0 Å². The molecule has 2 rings (SSSR count). The topological polar surface area (TPSA) is 44.5 Å². The smallest absolute Gasteiger partial charge is 0.198 e. The van der Waals surface area contributed by atoms with Crippen molar-refractivity contribution in [2.45, 2.75) is 6.42 Å². The zero-order chi connectivity index (χ0) is 11.4. The van der Waals surface area contributed by atoms with Crippen LogP contribution < -0.4 is 9.47 Å². The van der Waals surface area contributed by atoms with Crippen molar-refractivity contribution in [1.29, 1.82) is 0 Å². The fraction of sp³-hybridized carbons (Fsp3) is 0.250. The van der Waals surface area contributed by atoms with Crippen LogP contribution in [0, 0.1) is 0 Å². The molecule has 1 aromatic carbocycles. The van der Waals surface area contributed by atoms with Gasteiger partial charge in [0.15, 0.2) is 17.4 Å². The monoisotopic (exact) mass is 219 g/mol. The third kappa shape index (κ3) is 2.16. The van der Waals surface area contributed by atoms with Gasteiger partial charge in [-0.2, -0.15) is 0 Å². The van der Waals surface area contributed by atoms with Gasteiger partial charge in [0.05, 0.1) is 20.4 Å². The lowest BCUT2D eigenvalue weighted by Crippen LogP contribution is -1.93. The number of benzene rings is 1. The molecule has 0 N–H and O–H groups in total. The molecule has 1 heterocycles. The predicted octanol–water partition coefficient (Wildman–Crippen LogP) is 2.28. The highest BCUT2D eigenvalue weighted by molar-refractivity contribution is 5.43. The fourth-order valence-electron chi connectivity index (χ4n) is 1.51. The number of aromatic nitrogens is 1. The number of methoxy groups -OCH3 is 2. The minimum absolute atomic E-state index is 0.646. The molecule has 0 unspecified atom stereocenters. The van der Waals surface area contributed by atoms with Gasteiger partial charge in [0.2, 0.25) is 0 Å². The molecule has 0 atom stereocenters. The van der Waals surface area contributed by atoms with E-state index in [0.29, 0.717) is 18.1 Å². The SMILES string of the molecule is COc1ccc(Cc2ncco2)cc1OC. The van der Waals surface area contributed by atoms with Crippen molar-refractivity contribution in [3.05, 3.63) is 42.1 Å². The van der Waals surface area contributed by atoms with Crippen LogP contribution in [0.3, 0.4) is 0 Å². The van der Waals surface area contributed by atoms with Crippen molar-refractivity contribution < 1.29 is 13.9 Å². The quantitative estimate of drug-likeness (QED) is 0.791. The van der Waals surface area contributed by atoms with E-state index in [1.807, 2.05) is 18.2 Å². The Balaban J connectivity index is 2.22. The minimum atomic E-state index is 0.646. The first kappa shape index (κ1) is 10.5. The zero-order valence-electron chi connectivity index (χ0n) is 9.27. The normalized spacial score (nSPS) is 10.1. The molecule has 1 aromatic heterocycles. The lowest BCUT2D eigenvalue weighted by Gasteiger charge is -2.08. The third-order valence-electron chi connectivity index (χ3n) is 2.29. The van der Waals surface area contributed by atoms with E-state index in [9.17, 15) is 0 Å². The Morgan fingerprint density at radius 1 is 1.19 bits per heavy atom. The molecule has 0 saturated heterocycles. The van der Waals surface area contributed by atoms with Crippen molar-refractivity contribution in [2.24, 2.45) is 0 Å². The molecule has 2 aromatic rings. The molecule has 0 radical (unpaired) electrons. The van der Waals surface area contributed by atoms with Crippen LogP contribution in [0.25, 0.3) is 0 Å². The van der Waals surface area contributed by atoms with Gasteiger partial charge in [0, 0.05) is 6.42 Å². The lowest BCUT2D eigenvalue weighted by molar-refractivity contribution is 0.354. The molecule has 0 amide bonds. The van der Waals surface area contributed by atoms with Gasteiger partial charge >= 0.3 is 0 Å². The number of nitrogens with zero attached hydrogens (tertiary/aromatic N) is 1. The third-order valence-corrected chi connectivity index (χ3v) is 2.29. The van der Waals surface area contributed by atoms with E-state index in [2.05, 4.69) is 4.98 Å². The van der Waals surface area contributed by atoms with E-state index < -0.39 is 0 Å². The molecule has 0 spiro atoms. The zero-order valence-corrected chi connectivity index (χ0v) is 9.27. The maximum absolute atomic E-state index is 5.22. The van der Waals surface area contributed by atoms with Gasteiger partial charge in [0.25, 0.3) is 0 Å². The van der Waals surface area contributed by atoms with Gasteiger partial charge in [-0.1, -0.05) is 6.07 Å². The first-order chi connectivity index (χ1) is 7.83. The molecular formula is C12H13NO3. The molecule has 0 saturated carbocycles.